The molecular weight excluding hydrogens is 425 g/mol. The van der Waals surface area contributed by atoms with Crippen LogP contribution in [0.25, 0.3) is 11.3 Å². The van der Waals surface area contributed by atoms with Gasteiger partial charge in [-0.3, -0.25) is 9.59 Å². The fourth-order valence-corrected chi connectivity index (χ4v) is 2.65. The van der Waals surface area contributed by atoms with Gasteiger partial charge in [0.1, 0.15) is 11.5 Å². The molecule has 1 heterocycles. The van der Waals surface area contributed by atoms with E-state index >= 15 is 0 Å². The van der Waals surface area contributed by atoms with Crippen molar-refractivity contribution in [3.05, 3.63) is 75.4 Å². The molecule has 0 radical (unpaired) electrons. The zero-order valence-electron chi connectivity index (χ0n) is 14.1. The van der Waals surface area contributed by atoms with Crippen LogP contribution in [0.1, 0.15) is 5.76 Å². The molecule has 0 aliphatic rings. The second kappa shape index (κ2) is 8.93. The zero-order chi connectivity index (χ0) is 20.1. The largest absolute Gasteiger partial charge is 0.455 e. The Morgan fingerprint density at radius 2 is 1.68 bits per heavy atom. The molecule has 0 atom stereocenters. The number of nitrogens with one attached hydrogen (secondary N) is 2. The van der Waals surface area contributed by atoms with E-state index in [2.05, 4.69) is 15.8 Å². The van der Waals surface area contributed by atoms with Crippen molar-refractivity contribution < 1.29 is 14.0 Å². The van der Waals surface area contributed by atoms with E-state index in [0.717, 1.165) is 5.56 Å². The topological polar surface area (TPSA) is 83.7 Å². The SMILES string of the molecule is O=C(N/N=C/c1ccc(-c2ccc(Cl)c(Cl)c2)o1)C(=O)Nc1ccccc1Cl. The number of rotatable bonds is 4. The summed E-state index contributed by atoms with van der Waals surface area (Å²) in [5.41, 5.74) is 3.17. The molecule has 0 bridgehead atoms. The minimum atomic E-state index is -0.951. The lowest BCUT2D eigenvalue weighted by Gasteiger charge is -2.05. The van der Waals surface area contributed by atoms with E-state index in [9.17, 15) is 9.59 Å². The molecule has 1 aromatic heterocycles. The molecule has 2 aromatic carbocycles. The van der Waals surface area contributed by atoms with Gasteiger partial charge in [-0.2, -0.15) is 5.10 Å². The fourth-order valence-electron chi connectivity index (χ4n) is 2.17. The second-order valence-corrected chi connectivity index (χ2v) is 6.69. The van der Waals surface area contributed by atoms with Gasteiger partial charge in [-0.15, -0.1) is 0 Å². The first-order chi connectivity index (χ1) is 13.4. The number of carbonyl (C=O) groups is 2. The highest BCUT2D eigenvalue weighted by atomic mass is 35.5. The van der Waals surface area contributed by atoms with Crippen molar-refractivity contribution in [3.8, 4) is 11.3 Å². The number of para-hydroxylation sites is 1. The van der Waals surface area contributed by atoms with E-state index in [1.807, 2.05) is 0 Å². The van der Waals surface area contributed by atoms with Crippen molar-refractivity contribution in [1.82, 2.24) is 5.43 Å². The summed E-state index contributed by atoms with van der Waals surface area (Å²) in [5.74, 6) is -0.940. The minimum absolute atomic E-state index is 0.317. The number of carbonyl (C=O) groups excluding carboxylic acids is 2. The Balaban J connectivity index is 1.59. The summed E-state index contributed by atoms with van der Waals surface area (Å²) in [6.07, 6.45) is 1.27. The van der Waals surface area contributed by atoms with E-state index in [1.165, 1.54) is 6.21 Å². The molecule has 6 nitrogen and oxygen atoms in total. The van der Waals surface area contributed by atoms with Gasteiger partial charge in [-0.05, 0) is 42.5 Å². The first kappa shape index (κ1) is 19.9. The Hall–Kier alpha value is -2.80. The van der Waals surface area contributed by atoms with Gasteiger partial charge in [0.2, 0.25) is 0 Å². The zero-order valence-corrected chi connectivity index (χ0v) is 16.3. The van der Waals surface area contributed by atoms with Gasteiger partial charge in [-0.25, -0.2) is 5.43 Å². The number of amides is 2. The fraction of sp³-hybridized carbons (Fsp3) is 0. The Kier molecular flexibility index (Phi) is 6.36. The summed E-state index contributed by atoms with van der Waals surface area (Å²) in [6.45, 7) is 0. The lowest BCUT2D eigenvalue weighted by molar-refractivity contribution is -0.136. The van der Waals surface area contributed by atoms with Crippen LogP contribution in [-0.4, -0.2) is 18.0 Å². The predicted molar refractivity (Wildman–Crippen MR) is 110 cm³/mol. The summed E-state index contributed by atoms with van der Waals surface area (Å²) < 4.78 is 5.60. The summed E-state index contributed by atoms with van der Waals surface area (Å²) in [6, 6.07) is 15.0. The third-order valence-corrected chi connectivity index (χ3v) is 4.59. The molecule has 9 heteroatoms. The first-order valence-corrected chi connectivity index (χ1v) is 9.01. The summed E-state index contributed by atoms with van der Waals surface area (Å²) in [4.78, 5) is 23.7. The van der Waals surface area contributed by atoms with Crippen LogP contribution in [0, 0.1) is 0 Å². The highest BCUT2D eigenvalue weighted by Gasteiger charge is 2.14. The maximum absolute atomic E-state index is 11.9. The Morgan fingerprint density at radius 1 is 0.893 bits per heavy atom. The van der Waals surface area contributed by atoms with Crippen LogP contribution in [-0.2, 0) is 9.59 Å². The number of hydrogen-bond acceptors (Lipinski definition) is 4. The van der Waals surface area contributed by atoms with E-state index in [4.69, 9.17) is 39.2 Å². The number of hydrazone groups is 1. The molecule has 2 amide bonds. The summed E-state index contributed by atoms with van der Waals surface area (Å²) in [7, 11) is 0. The number of halogens is 3. The molecule has 0 saturated carbocycles. The third-order valence-electron chi connectivity index (χ3n) is 3.52. The molecule has 0 spiro atoms. The van der Waals surface area contributed by atoms with Crippen molar-refractivity contribution in [2.45, 2.75) is 0 Å². The summed E-state index contributed by atoms with van der Waals surface area (Å²) >= 11 is 17.8. The van der Waals surface area contributed by atoms with Crippen LogP contribution >= 0.6 is 34.8 Å². The third kappa shape index (κ3) is 4.92. The van der Waals surface area contributed by atoms with E-state index in [0.29, 0.717) is 32.3 Å². The maximum atomic E-state index is 11.9. The van der Waals surface area contributed by atoms with Gasteiger partial charge in [0.05, 0.1) is 27.0 Å². The van der Waals surface area contributed by atoms with Crippen LogP contribution in [0.15, 0.2) is 64.1 Å². The summed E-state index contributed by atoms with van der Waals surface area (Å²) in [5, 5.41) is 7.26. The molecule has 0 fully saturated rings. The smallest absolute Gasteiger partial charge is 0.329 e. The number of furan rings is 1. The highest BCUT2D eigenvalue weighted by Crippen LogP contribution is 2.29. The average molecular weight is 437 g/mol. The predicted octanol–water partition coefficient (Wildman–Crippen LogP) is 5.00. The molecule has 0 aliphatic heterocycles. The van der Waals surface area contributed by atoms with Crippen molar-refractivity contribution in [2.75, 3.05) is 5.32 Å². The normalized spacial score (nSPS) is 10.8. The number of hydrogen-bond donors (Lipinski definition) is 2. The van der Waals surface area contributed by atoms with E-state index in [1.54, 1.807) is 54.6 Å². The van der Waals surface area contributed by atoms with Crippen LogP contribution in [0.3, 0.4) is 0 Å². The van der Waals surface area contributed by atoms with E-state index in [-0.39, 0.29) is 0 Å². The van der Waals surface area contributed by atoms with Crippen molar-refractivity contribution in [3.63, 3.8) is 0 Å². The molecule has 0 saturated heterocycles. The molecular formula is C19H12Cl3N3O3. The lowest BCUT2D eigenvalue weighted by Crippen LogP contribution is -2.32. The average Bonchev–Trinajstić information content (AvgIpc) is 3.14. The van der Waals surface area contributed by atoms with Gasteiger partial charge in [0.25, 0.3) is 0 Å². The van der Waals surface area contributed by atoms with Gasteiger partial charge < -0.3 is 9.73 Å². The molecule has 28 heavy (non-hydrogen) atoms. The standard InChI is InChI=1S/C19H12Cl3N3O3/c20-13-7-5-11(9-15(13)22)17-8-6-12(28-17)10-23-25-19(27)18(26)24-16-4-2-1-3-14(16)21/h1-10H,(H,24,26)(H,25,27)/b23-10+. The Bertz CT molecular complexity index is 1060. The molecule has 142 valence electrons. The van der Waals surface area contributed by atoms with Crippen LogP contribution in [0.5, 0.6) is 0 Å². The molecule has 0 unspecified atom stereocenters. The minimum Gasteiger partial charge on any atom is -0.455 e. The first-order valence-electron chi connectivity index (χ1n) is 7.88. The quantitative estimate of drug-likeness (QED) is 0.343. The van der Waals surface area contributed by atoms with Crippen molar-refractivity contribution >= 4 is 58.5 Å². The molecule has 3 aromatic rings. The van der Waals surface area contributed by atoms with Crippen LogP contribution in [0.2, 0.25) is 15.1 Å². The van der Waals surface area contributed by atoms with Crippen LogP contribution < -0.4 is 10.7 Å². The molecule has 0 aliphatic carbocycles. The van der Waals surface area contributed by atoms with Crippen molar-refractivity contribution in [2.24, 2.45) is 5.10 Å². The molecule has 2 N–H and O–H groups in total. The van der Waals surface area contributed by atoms with E-state index < -0.39 is 11.8 Å². The van der Waals surface area contributed by atoms with Crippen LogP contribution in [0.4, 0.5) is 5.69 Å². The second-order valence-electron chi connectivity index (χ2n) is 5.46. The number of anilines is 1. The molecule has 3 rings (SSSR count). The number of benzene rings is 2. The van der Waals surface area contributed by atoms with Gasteiger partial charge in [0.15, 0.2) is 0 Å². The monoisotopic (exact) mass is 435 g/mol. The number of nitrogens with zero attached hydrogens (tertiary/aromatic N) is 1. The lowest BCUT2D eigenvalue weighted by atomic mass is 10.2. The van der Waals surface area contributed by atoms with Crippen molar-refractivity contribution in [1.29, 1.82) is 0 Å². The van der Waals surface area contributed by atoms with Gasteiger partial charge in [0, 0.05) is 5.56 Å². The van der Waals surface area contributed by atoms with Gasteiger partial charge >= 0.3 is 11.8 Å². The Labute approximate surface area is 175 Å². The maximum Gasteiger partial charge on any atom is 0.329 e. The Morgan fingerprint density at radius 3 is 2.43 bits per heavy atom. The highest BCUT2D eigenvalue weighted by molar-refractivity contribution is 6.42. The van der Waals surface area contributed by atoms with Gasteiger partial charge in [-0.1, -0.05) is 46.9 Å².